The number of rotatable bonds is 7. The number of fused-ring (bicyclic) bond motifs is 1. The van der Waals surface area contributed by atoms with Crippen molar-refractivity contribution in [3.63, 3.8) is 0 Å². The molecule has 0 aliphatic heterocycles. The summed E-state index contributed by atoms with van der Waals surface area (Å²) in [5.74, 6) is -0.0154. The average Bonchev–Trinajstić information content (AvgIpc) is 3.14. The van der Waals surface area contributed by atoms with Gasteiger partial charge >= 0.3 is 0 Å². The molecule has 5 heteroatoms. The number of pyridine rings is 2. The number of hydrogen-bond acceptors (Lipinski definition) is 3. The molecule has 0 aliphatic rings. The van der Waals surface area contributed by atoms with Gasteiger partial charge in [0.05, 0.1) is 22.3 Å². The fraction of sp³-hybridized carbons (Fsp3) is 0.375. The summed E-state index contributed by atoms with van der Waals surface area (Å²) >= 11 is 6.03. The zero-order valence-electron chi connectivity index (χ0n) is 17.8. The molecule has 0 atom stereocenters. The monoisotopic (exact) mass is 411 g/mol. The summed E-state index contributed by atoms with van der Waals surface area (Å²) < 4.78 is 1.68. The molecule has 0 aromatic carbocycles. The van der Waals surface area contributed by atoms with Crippen molar-refractivity contribution in [2.75, 3.05) is 0 Å². The Labute approximate surface area is 178 Å². The molecule has 3 rings (SSSR count). The van der Waals surface area contributed by atoms with E-state index >= 15 is 0 Å². The van der Waals surface area contributed by atoms with Crippen molar-refractivity contribution in [2.45, 2.75) is 59.8 Å². The van der Waals surface area contributed by atoms with Crippen LogP contribution in [0.15, 0.2) is 43.4 Å². The van der Waals surface area contributed by atoms with Crippen LogP contribution in [0.25, 0.3) is 11.1 Å². The summed E-state index contributed by atoms with van der Waals surface area (Å²) in [6.45, 7) is 12.1. The molecule has 0 fully saturated rings. The van der Waals surface area contributed by atoms with Crippen molar-refractivity contribution < 1.29 is 4.79 Å². The van der Waals surface area contributed by atoms with Crippen LogP contribution >= 0.6 is 11.6 Å². The molecule has 0 saturated heterocycles. The van der Waals surface area contributed by atoms with Crippen LogP contribution in [0.5, 0.6) is 0 Å². The Kier molecular flexibility index (Phi) is 8.59. The van der Waals surface area contributed by atoms with Gasteiger partial charge in [-0.1, -0.05) is 64.1 Å². The molecule has 154 valence electrons. The van der Waals surface area contributed by atoms with E-state index in [2.05, 4.69) is 30.5 Å². The first-order chi connectivity index (χ1) is 13.9. The smallest absolute Gasteiger partial charge is 0.163 e. The van der Waals surface area contributed by atoms with Crippen LogP contribution in [-0.4, -0.2) is 20.4 Å². The first-order valence-electron chi connectivity index (χ1n) is 10.2. The van der Waals surface area contributed by atoms with Crippen LogP contribution in [0, 0.1) is 6.92 Å². The summed E-state index contributed by atoms with van der Waals surface area (Å²) in [6, 6.07) is 5.66. The third kappa shape index (κ3) is 6.01. The zero-order chi connectivity index (χ0) is 21.4. The lowest BCUT2D eigenvalue weighted by molar-refractivity contribution is 0.101. The van der Waals surface area contributed by atoms with Crippen LogP contribution in [-0.2, 0) is 0 Å². The quantitative estimate of drug-likeness (QED) is 0.312. The Morgan fingerprint density at radius 3 is 2.41 bits per heavy atom. The number of ketones is 1. The molecule has 0 amide bonds. The number of aryl methyl sites for hydroxylation is 1. The van der Waals surface area contributed by atoms with Crippen LogP contribution in [0.1, 0.15) is 80.1 Å². The Morgan fingerprint density at radius 1 is 1.10 bits per heavy atom. The van der Waals surface area contributed by atoms with Crippen LogP contribution < -0.4 is 0 Å². The molecular weight excluding hydrogens is 382 g/mol. The van der Waals surface area contributed by atoms with Gasteiger partial charge in [-0.2, -0.15) is 5.10 Å². The Balaban J connectivity index is 0.000000370. The van der Waals surface area contributed by atoms with E-state index in [1.54, 1.807) is 16.9 Å². The van der Waals surface area contributed by atoms with E-state index in [0.717, 1.165) is 27.9 Å². The molecule has 0 unspecified atom stereocenters. The molecule has 0 N–H and O–H groups in total. The Bertz CT molecular complexity index is 987. The predicted molar refractivity (Wildman–Crippen MR) is 122 cm³/mol. The minimum absolute atomic E-state index is 0.0154. The maximum absolute atomic E-state index is 11.7. The van der Waals surface area contributed by atoms with Gasteiger partial charge in [0, 0.05) is 23.7 Å². The van der Waals surface area contributed by atoms with Crippen LogP contribution in [0.3, 0.4) is 0 Å². The highest BCUT2D eigenvalue weighted by Gasteiger charge is 2.12. The normalized spacial score (nSPS) is 10.5. The number of halogens is 1. The summed E-state index contributed by atoms with van der Waals surface area (Å²) in [7, 11) is 0. The number of hydrogen-bond donors (Lipinski definition) is 0. The number of nitrogens with zero attached hydrogens (tertiary/aromatic N) is 3. The van der Waals surface area contributed by atoms with Gasteiger partial charge in [-0.15, -0.1) is 0 Å². The van der Waals surface area contributed by atoms with E-state index in [9.17, 15) is 4.79 Å². The molecule has 29 heavy (non-hydrogen) atoms. The topological polar surface area (TPSA) is 47.3 Å². The molecule has 0 aliphatic carbocycles. The van der Waals surface area contributed by atoms with Crippen molar-refractivity contribution in [1.82, 2.24) is 14.6 Å². The zero-order valence-corrected chi connectivity index (χ0v) is 18.6. The highest BCUT2D eigenvalue weighted by Crippen LogP contribution is 2.27. The van der Waals surface area contributed by atoms with Crippen molar-refractivity contribution in [1.29, 1.82) is 0 Å². The van der Waals surface area contributed by atoms with Crippen molar-refractivity contribution in [3.05, 3.63) is 70.8 Å². The van der Waals surface area contributed by atoms with E-state index in [1.807, 2.05) is 31.3 Å². The molecule has 3 aromatic heterocycles. The standard InChI is InChI=1S/C17H14ClN3O.C7H16/c1-10(15-7-14(18)8-19-11(15)2)13-4-5-21-17(6-13)16(9-20-21)12(3)22;1-3-5-7-6-4-2/h4-9H,1H2,2-3H3;3-7H2,1-2H3. The van der Waals surface area contributed by atoms with E-state index in [1.165, 1.54) is 39.0 Å². The van der Waals surface area contributed by atoms with Gasteiger partial charge in [0.1, 0.15) is 0 Å². The van der Waals surface area contributed by atoms with Gasteiger partial charge in [0.25, 0.3) is 0 Å². The highest BCUT2D eigenvalue weighted by molar-refractivity contribution is 6.30. The fourth-order valence-electron chi connectivity index (χ4n) is 3.09. The molecule has 0 saturated carbocycles. The largest absolute Gasteiger partial charge is 0.294 e. The van der Waals surface area contributed by atoms with Crippen molar-refractivity contribution in [3.8, 4) is 0 Å². The summed E-state index contributed by atoms with van der Waals surface area (Å²) in [6.07, 6.45) is 12.0. The molecular formula is C24H30ClN3O. The average molecular weight is 412 g/mol. The molecule has 0 bridgehead atoms. The number of unbranched alkanes of at least 4 members (excludes halogenated alkanes) is 4. The second-order valence-electron chi connectivity index (χ2n) is 7.19. The van der Waals surface area contributed by atoms with Crippen molar-refractivity contribution >= 4 is 28.5 Å². The van der Waals surface area contributed by atoms with Crippen LogP contribution in [0.4, 0.5) is 0 Å². The second kappa shape index (κ2) is 10.9. The number of carbonyl (C=O) groups excluding carboxylic acids is 1. The molecule has 3 aromatic rings. The SMILES string of the molecule is C=C(c1ccn2ncc(C(C)=O)c2c1)c1cc(Cl)cnc1C.CCCCCCC. The third-order valence-electron chi connectivity index (χ3n) is 4.84. The van der Waals surface area contributed by atoms with E-state index in [-0.39, 0.29) is 5.78 Å². The number of Topliss-reactive ketones (excluding diaryl/α,β-unsaturated/α-hetero) is 1. The lowest BCUT2D eigenvalue weighted by Crippen LogP contribution is -1.96. The Morgan fingerprint density at radius 2 is 1.79 bits per heavy atom. The van der Waals surface area contributed by atoms with Gasteiger partial charge in [-0.3, -0.25) is 9.78 Å². The molecule has 4 nitrogen and oxygen atoms in total. The van der Waals surface area contributed by atoms with E-state index in [0.29, 0.717) is 10.6 Å². The minimum atomic E-state index is -0.0154. The fourth-order valence-corrected chi connectivity index (χ4v) is 3.24. The first kappa shape index (κ1) is 22.8. The van der Waals surface area contributed by atoms with Gasteiger partial charge in [-0.05, 0) is 43.2 Å². The molecule has 0 radical (unpaired) electrons. The summed E-state index contributed by atoms with van der Waals surface area (Å²) in [4.78, 5) is 15.9. The summed E-state index contributed by atoms with van der Waals surface area (Å²) in [5.41, 5.74) is 4.82. The molecule has 3 heterocycles. The summed E-state index contributed by atoms with van der Waals surface area (Å²) in [5, 5.41) is 4.74. The number of carbonyl (C=O) groups is 1. The van der Waals surface area contributed by atoms with Gasteiger partial charge < -0.3 is 0 Å². The van der Waals surface area contributed by atoms with Crippen LogP contribution in [0.2, 0.25) is 5.02 Å². The molecule has 0 spiro atoms. The van der Waals surface area contributed by atoms with E-state index < -0.39 is 0 Å². The number of aromatic nitrogens is 3. The predicted octanol–water partition coefficient (Wildman–Crippen LogP) is 6.93. The van der Waals surface area contributed by atoms with E-state index in [4.69, 9.17) is 11.6 Å². The Hall–Kier alpha value is -2.46. The van der Waals surface area contributed by atoms with Crippen molar-refractivity contribution in [2.24, 2.45) is 0 Å². The minimum Gasteiger partial charge on any atom is -0.294 e. The maximum atomic E-state index is 11.7. The lowest BCUT2D eigenvalue weighted by Gasteiger charge is -2.10. The maximum Gasteiger partial charge on any atom is 0.163 e. The third-order valence-corrected chi connectivity index (χ3v) is 5.04. The highest BCUT2D eigenvalue weighted by atomic mass is 35.5. The second-order valence-corrected chi connectivity index (χ2v) is 7.62. The van der Waals surface area contributed by atoms with Gasteiger partial charge in [0.2, 0.25) is 0 Å². The lowest BCUT2D eigenvalue weighted by atomic mass is 9.98. The van der Waals surface area contributed by atoms with Gasteiger partial charge in [0.15, 0.2) is 5.78 Å². The first-order valence-corrected chi connectivity index (χ1v) is 10.6. The van der Waals surface area contributed by atoms with Gasteiger partial charge in [-0.25, -0.2) is 4.52 Å².